The highest BCUT2D eigenvalue weighted by Gasteiger charge is 2.25. The van der Waals surface area contributed by atoms with E-state index in [1.165, 1.54) is 6.20 Å². The van der Waals surface area contributed by atoms with Crippen molar-refractivity contribution in [2.75, 3.05) is 19.9 Å². The Morgan fingerprint density at radius 3 is 2.69 bits per heavy atom. The minimum absolute atomic E-state index is 0.0604. The number of nitrogens with zero attached hydrogens (tertiary/aromatic N) is 4. The lowest BCUT2D eigenvalue weighted by Gasteiger charge is -2.32. The normalized spacial score (nSPS) is 16.7. The molecular weight excluding hydrogens is 340 g/mol. The molecule has 136 valence electrons. The molecule has 1 aromatic heterocycles. The SMILES string of the molecule is O=C(O)c1cn(C2CCN(C(=O)Cc3ccc4c(c3)OCO4)CC2)nn1. The van der Waals surface area contributed by atoms with Crippen LogP contribution in [-0.4, -0.2) is 56.8 Å². The molecule has 9 nitrogen and oxygen atoms in total. The summed E-state index contributed by atoms with van der Waals surface area (Å²) < 4.78 is 12.2. The fraction of sp³-hybridized carbons (Fsp3) is 0.412. The van der Waals surface area contributed by atoms with Crippen LogP contribution in [0.5, 0.6) is 11.5 Å². The van der Waals surface area contributed by atoms with Crippen molar-refractivity contribution < 1.29 is 24.2 Å². The molecule has 1 aromatic carbocycles. The summed E-state index contributed by atoms with van der Waals surface area (Å²) in [6, 6.07) is 5.60. The van der Waals surface area contributed by atoms with E-state index in [1.807, 2.05) is 23.1 Å². The lowest BCUT2D eigenvalue weighted by Crippen LogP contribution is -2.40. The minimum Gasteiger partial charge on any atom is -0.476 e. The number of benzene rings is 1. The molecule has 1 amide bonds. The number of rotatable bonds is 4. The van der Waals surface area contributed by atoms with Crippen LogP contribution in [0.25, 0.3) is 0 Å². The molecular formula is C17H18N4O5. The minimum atomic E-state index is -1.09. The third kappa shape index (κ3) is 3.19. The monoisotopic (exact) mass is 358 g/mol. The van der Waals surface area contributed by atoms with Gasteiger partial charge in [0.05, 0.1) is 18.7 Å². The first kappa shape index (κ1) is 16.4. The van der Waals surface area contributed by atoms with Gasteiger partial charge in [-0.05, 0) is 30.5 Å². The number of carboxylic acids is 1. The zero-order valence-electron chi connectivity index (χ0n) is 14.0. The molecule has 3 heterocycles. The van der Waals surface area contributed by atoms with Crippen LogP contribution in [0.3, 0.4) is 0 Å². The van der Waals surface area contributed by atoms with E-state index in [2.05, 4.69) is 10.3 Å². The molecule has 26 heavy (non-hydrogen) atoms. The second-order valence-electron chi connectivity index (χ2n) is 6.37. The maximum atomic E-state index is 12.5. The first-order valence-corrected chi connectivity index (χ1v) is 8.41. The maximum absolute atomic E-state index is 12.5. The van der Waals surface area contributed by atoms with Crippen molar-refractivity contribution in [1.82, 2.24) is 19.9 Å². The Labute approximate surface area is 149 Å². The Morgan fingerprint density at radius 1 is 1.19 bits per heavy atom. The highest BCUT2D eigenvalue weighted by molar-refractivity contribution is 5.84. The summed E-state index contributed by atoms with van der Waals surface area (Å²) in [7, 11) is 0. The van der Waals surface area contributed by atoms with Crippen molar-refractivity contribution >= 4 is 11.9 Å². The second-order valence-corrected chi connectivity index (χ2v) is 6.37. The summed E-state index contributed by atoms with van der Waals surface area (Å²) in [5.41, 5.74) is 0.829. The number of hydrogen-bond donors (Lipinski definition) is 1. The molecule has 2 aromatic rings. The van der Waals surface area contributed by atoms with Crippen molar-refractivity contribution in [2.45, 2.75) is 25.3 Å². The van der Waals surface area contributed by atoms with E-state index in [0.717, 1.165) is 18.4 Å². The van der Waals surface area contributed by atoms with Crippen molar-refractivity contribution in [1.29, 1.82) is 0 Å². The van der Waals surface area contributed by atoms with Crippen molar-refractivity contribution in [2.24, 2.45) is 0 Å². The van der Waals surface area contributed by atoms with Gasteiger partial charge in [-0.3, -0.25) is 4.79 Å². The Hall–Kier alpha value is -3.10. The molecule has 0 spiro atoms. The van der Waals surface area contributed by atoms with Crippen molar-refractivity contribution in [3.05, 3.63) is 35.7 Å². The van der Waals surface area contributed by atoms with E-state index in [4.69, 9.17) is 14.6 Å². The Kier molecular flexibility index (Phi) is 4.19. The molecule has 0 unspecified atom stereocenters. The molecule has 1 saturated heterocycles. The lowest BCUT2D eigenvalue weighted by atomic mass is 10.0. The average molecular weight is 358 g/mol. The van der Waals surface area contributed by atoms with Gasteiger partial charge in [0.2, 0.25) is 12.7 Å². The first-order valence-electron chi connectivity index (χ1n) is 8.41. The molecule has 0 atom stereocenters. The van der Waals surface area contributed by atoms with Gasteiger partial charge in [0.1, 0.15) is 0 Å². The number of aromatic nitrogens is 3. The van der Waals surface area contributed by atoms with E-state index in [1.54, 1.807) is 4.68 Å². The summed E-state index contributed by atoms with van der Waals surface area (Å²) in [6.45, 7) is 1.43. The third-order valence-electron chi connectivity index (χ3n) is 4.71. The van der Waals surface area contributed by atoms with Gasteiger partial charge in [-0.2, -0.15) is 0 Å². The lowest BCUT2D eigenvalue weighted by molar-refractivity contribution is -0.131. The third-order valence-corrected chi connectivity index (χ3v) is 4.71. The number of carbonyl (C=O) groups is 2. The zero-order chi connectivity index (χ0) is 18.1. The van der Waals surface area contributed by atoms with E-state index in [9.17, 15) is 9.59 Å². The van der Waals surface area contributed by atoms with Crippen molar-refractivity contribution in [3.8, 4) is 11.5 Å². The smallest absolute Gasteiger partial charge is 0.358 e. The number of carboxylic acid groups (broad SMARTS) is 1. The van der Waals surface area contributed by atoms with E-state index < -0.39 is 5.97 Å². The van der Waals surface area contributed by atoms with Gasteiger partial charge in [0.15, 0.2) is 17.2 Å². The molecule has 0 radical (unpaired) electrons. The molecule has 1 N–H and O–H groups in total. The fourth-order valence-electron chi connectivity index (χ4n) is 3.27. The zero-order valence-corrected chi connectivity index (χ0v) is 14.0. The largest absolute Gasteiger partial charge is 0.476 e. The second kappa shape index (κ2) is 6.66. The predicted octanol–water partition coefficient (Wildman–Crippen LogP) is 1.11. The molecule has 0 aliphatic carbocycles. The summed E-state index contributed by atoms with van der Waals surface area (Å²) >= 11 is 0. The quantitative estimate of drug-likeness (QED) is 0.872. The van der Waals surface area contributed by atoms with Crippen LogP contribution in [0.15, 0.2) is 24.4 Å². The van der Waals surface area contributed by atoms with Gasteiger partial charge in [-0.1, -0.05) is 11.3 Å². The molecule has 1 fully saturated rings. The number of fused-ring (bicyclic) bond motifs is 1. The van der Waals surface area contributed by atoms with Gasteiger partial charge in [-0.15, -0.1) is 5.10 Å². The topological polar surface area (TPSA) is 107 Å². The number of piperidine rings is 1. The van der Waals surface area contributed by atoms with Crippen LogP contribution in [0, 0.1) is 0 Å². The van der Waals surface area contributed by atoms with Gasteiger partial charge in [-0.25, -0.2) is 9.48 Å². The fourth-order valence-corrected chi connectivity index (χ4v) is 3.27. The van der Waals surface area contributed by atoms with E-state index in [0.29, 0.717) is 31.0 Å². The summed E-state index contributed by atoms with van der Waals surface area (Å²) in [4.78, 5) is 25.3. The van der Waals surface area contributed by atoms with E-state index in [-0.39, 0.29) is 24.4 Å². The number of likely N-dealkylation sites (tertiary alicyclic amines) is 1. The van der Waals surface area contributed by atoms with Crippen LogP contribution >= 0.6 is 0 Å². The van der Waals surface area contributed by atoms with Crippen LogP contribution in [0.2, 0.25) is 0 Å². The summed E-state index contributed by atoms with van der Waals surface area (Å²) in [5, 5.41) is 16.5. The molecule has 2 aliphatic rings. The van der Waals surface area contributed by atoms with Gasteiger partial charge < -0.3 is 19.5 Å². The molecule has 0 bridgehead atoms. The number of ether oxygens (including phenoxy) is 2. The van der Waals surface area contributed by atoms with Crippen LogP contribution in [0.4, 0.5) is 0 Å². The summed E-state index contributed by atoms with van der Waals surface area (Å²) in [5.74, 6) is 0.352. The highest BCUT2D eigenvalue weighted by Crippen LogP contribution is 2.32. The molecule has 0 saturated carbocycles. The standard InChI is InChI=1S/C17H18N4O5/c22-16(8-11-1-2-14-15(7-11)26-10-25-14)20-5-3-12(4-6-20)21-9-13(17(23)24)18-19-21/h1-2,7,9,12H,3-6,8,10H2,(H,23,24). The first-order chi connectivity index (χ1) is 12.6. The van der Waals surface area contributed by atoms with Crippen LogP contribution in [0.1, 0.15) is 34.9 Å². The van der Waals surface area contributed by atoms with Gasteiger partial charge in [0.25, 0.3) is 0 Å². The molecule has 2 aliphatic heterocycles. The summed E-state index contributed by atoms with van der Waals surface area (Å²) in [6.07, 6.45) is 3.19. The molecule has 4 rings (SSSR count). The predicted molar refractivity (Wildman–Crippen MR) is 88.1 cm³/mol. The number of aromatic carboxylic acids is 1. The Bertz CT molecular complexity index is 841. The number of hydrogen-bond acceptors (Lipinski definition) is 6. The van der Waals surface area contributed by atoms with Crippen molar-refractivity contribution in [3.63, 3.8) is 0 Å². The Morgan fingerprint density at radius 2 is 1.96 bits per heavy atom. The number of carbonyl (C=O) groups excluding carboxylic acids is 1. The maximum Gasteiger partial charge on any atom is 0.358 e. The molecule has 9 heteroatoms. The Balaban J connectivity index is 1.33. The van der Waals surface area contributed by atoms with E-state index >= 15 is 0 Å². The van der Waals surface area contributed by atoms with Crippen LogP contribution in [-0.2, 0) is 11.2 Å². The average Bonchev–Trinajstić information content (AvgIpc) is 3.31. The van der Waals surface area contributed by atoms with Crippen LogP contribution < -0.4 is 9.47 Å². The number of amides is 1. The highest BCUT2D eigenvalue weighted by atomic mass is 16.7. The van der Waals surface area contributed by atoms with Gasteiger partial charge >= 0.3 is 5.97 Å². The van der Waals surface area contributed by atoms with Gasteiger partial charge in [0, 0.05) is 13.1 Å².